The summed E-state index contributed by atoms with van der Waals surface area (Å²) in [5.74, 6) is 0.636. The van der Waals surface area contributed by atoms with Crippen molar-refractivity contribution in [3.8, 4) is 0 Å². The number of hydrogen-bond acceptors (Lipinski definition) is 4. The van der Waals surface area contributed by atoms with Crippen LogP contribution in [0.25, 0.3) is 0 Å². The van der Waals surface area contributed by atoms with E-state index in [1.165, 1.54) is 5.56 Å². The molecule has 0 saturated carbocycles. The van der Waals surface area contributed by atoms with Crippen LogP contribution in [0, 0.1) is 5.92 Å². The molecule has 0 atom stereocenters. The third-order valence-electron chi connectivity index (χ3n) is 3.36. The fourth-order valence-corrected chi connectivity index (χ4v) is 2.14. The molecule has 5 heteroatoms. The fourth-order valence-electron chi connectivity index (χ4n) is 2.14. The van der Waals surface area contributed by atoms with Gasteiger partial charge in [0.25, 0.3) is 5.91 Å². The average Bonchev–Trinajstić information content (AvgIpc) is 2.61. The predicted octanol–water partition coefficient (Wildman–Crippen LogP) is 3.65. The molecule has 0 aromatic heterocycles. The van der Waals surface area contributed by atoms with Crippen molar-refractivity contribution in [2.24, 2.45) is 5.92 Å². The minimum atomic E-state index is -0.0904. The number of rotatable bonds is 12. The minimum absolute atomic E-state index is 0.0904. The maximum absolute atomic E-state index is 12.0. The van der Waals surface area contributed by atoms with Gasteiger partial charge >= 0.3 is 0 Å². The van der Waals surface area contributed by atoms with Gasteiger partial charge in [-0.1, -0.05) is 39.8 Å². The number of carbonyl (C=O) groups excluding carboxylic acids is 2. The maximum atomic E-state index is 12.0. The van der Waals surface area contributed by atoms with Crippen molar-refractivity contribution in [1.29, 1.82) is 0 Å². The van der Waals surface area contributed by atoms with Gasteiger partial charge in [-0.15, -0.1) is 0 Å². The number of nitrogens with one attached hydrogen (secondary N) is 1. The van der Waals surface area contributed by atoms with Crippen molar-refractivity contribution >= 4 is 11.7 Å². The second-order valence-corrected chi connectivity index (χ2v) is 6.23. The van der Waals surface area contributed by atoms with Crippen LogP contribution < -0.4 is 5.32 Å². The lowest BCUT2D eigenvalue weighted by molar-refractivity contribution is -0.118. The second kappa shape index (κ2) is 15.5. The molecule has 0 bridgehead atoms. The molecule has 1 rings (SSSR count). The van der Waals surface area contributed by atoms with E-state index in [9.17, 15) is 9.59 Å². The first-order valence-electron chi connectivity index (χ1n) is 9.51. The van der Waals surface area contributed by atoms with E-state index in [-0.39, 0.29) is 11.7 Å². The van der Waals surface area contributed by atoms with Crippen LogP contribution in [0.3, 0.4) is 0 Å². The van der Waals surface area contributed by atoms with Gasteiger partial charge in [0.2, 0.25) is 0 Å². The van der Waals surface area contributed by atoms with Crippen LogP contribution in [0.15, 0.2) is 24.3 Å². The Kier molecular flexibility index (Phi) is 14.5. The Morgan fingerprint density at radius 2 is 1.54 bits per heavy atom. The van der Waals surface area contributed by atoms with Crippen molar-refractivity contribution in [2.45, 2.75) is 47.5 Å². The van der Waals surface area contributed by atoms with Crippen LogP contribution in [0.2, 0.25) is 0 Å². The summed E-state index contributed by atoms with van der Waals surface area (Å²) in [6.45, 7) is 12.1. The van der Waals surface area contributed by atoms with Gasteiger partial charge in [-0.25, -0.2) is 0 Å². The number of hydrogen-bond donors (Lipinski definition) is 1. The highest BCUT2D eigenvalue weighted by atomic mass is 16.5. The molecule has 0 spiro atoms. The van der Waals surface area contributed by atoms with Crippen LogP contribution in [-0.4, -0.2) is 44.7 Å². The van der Waals surface area contributed by atoms with Crippen LogP contribution in [0.5, 0.6) is 0 Å². The normalized spacial score (nSPS) is 10.2. The van der Waals surface area contributed by atoms with Crippen molar-refractivity contribution in [2.75, 3.05) is 33.0 Å². The van der Waals surface area contributed by atoms with Crippen molar-refractivity contribution in [3.05, 3.63) is 35.4 Å². The first-order chi connectivity index (χ1) is 12.5. The van der Waals surface area contributed by atoms with E-state index in [0.29, 0.717) is 50.9 Å². The van der Waals surface area contributed by atoms with Crippen LogP contribution in [0.1, 0.15) is 57.0 Å². The Hall–Kier alpha value is -1.72. The molecular weight excluding hydrogens is 330 g/mol. The zero-order valence-electron chi connectivity index (χ0n) is 17.0. The number of carbonyl (C=O) groups is 2. The molecule has 148 valence electrons. The Morgan fingerprint density at radius 1 is 0.962 bits per heavy atom. The summed E-state index contributed by atoms with van der Waals surface area (Å²) in [5.41, 5.74) is 1.91. The van der Waals surface area contributed by atoms with E-state index < -0.39 is 0 Å². The van der Waals surface area contributed by atoms with E-state index >= 15 is 0 Å². The number of Topliss-reactive ketones (excluding diaryl/α,β-unsaturated/α-hetero) is 1. The lowest BCUT2D eigenvalue weighted by Crippen LogP contribution is -2.27. The van der Waals surface area contributed by atoms with Gasteiger partial charge in [0, 0.05) is 18.5 Å². The first-order valence-corrected chi connectivity index (χ1v) is 9.51. The van der Waals surface area contributed by atoms with Gasteiger partial charge in [-0.2, -0.15) is 0 Å². The van der Waals surface area contributed by atoms with Gasteiger partial charge in [0.15, 0.2) is 0 Å². The Morgan fingerprint density at radius 3 is 2.08 bits per heavy atom. The molecule has 1 N–H and O–H groups in total. The molecule has 1 amide bonds. The molecule has 26 heavy (non-hydrogen) atoms. The largest absolute Gasteiger partial charge is 0.379 e. The Balaban J connectivity index is 0.00000301. The summed E-state index contributed by atoms with van der Waals surface area (Å²) in [6, 6.07) is 7.72. The van der Waals surface area contributed by atoms with E-state index in [1.54, 1.807) is 6.92 Å². The monoisotopic (exact) mass is 365 g/mol. The van der Waals surface area contributed by atoms with E-state index in [1.807, 2.05) is 38.1 Å². The van der Waals surface area contributed by atoms with Gasteiger partial charge in [-0.3, -0.25) is 9.59 Å². The van der Waals surface area contributed by atoms with Gasteiger partial charge in [0.1, 0.15) is 5.78 Å². The summed E-state index contributed by atoms with van der Waals surface area (Å²) < 4.78 is 10.6. The van der Waals surface area contributed by atoms with Crippen LogP contribution in [-0.2, 0) is 20.7 Å². The van der Waals surface area contributed by atoms with Gasteiger partial charge in [0.05, 0.1) is 26.4 Å². The van der Waals surface area contributed by atoms with E-state index in [4.69, 9.17) is 9.47 Å². The fraction of sp³-hybridized carbons (Fsp3) is 0.619. The highest BCUT2D eigenvalue weighted by molar-refractivity contribution is 5.94. The van der Waals surface area contributed by atoms with Gasteiger partial charge in [-0.05, 0) is 37.0 Å². The maximum Gasteiger partial charge on any atom is 0.251 e. The minimum Gasteiger partial charge on any atom is -0.379 e. The molecule has 0 radical (unpaired) electrons. The molecule has 0 unspecified atom stereocenters. The molecule has 0 heterocycles. The van der Waals surface area contributed by atoms with Crippen molar-refractivity contribution in [1.82, 2.24) is 5.32 Å². The third kappa shape index (κ3) is 12.6. The number of benzene rings is 1. The summed E-state index contributed by atoms with van der Waals surface area (Å²) in [6.07, 6.45) is 1.45. The molecule has 1 aromatic carbocycles. The topological polar surface area (TPSA) is 64.6 Å². The zero-order chi connectivity index (χ0) is 19.8. The van der Waals surface area contributed by atoms with E-state index in [0.717, 1.165) is 6.42 Å². The molecule has 0 saturated heterocycles. The summed E-state index contributed by atoms with van der Waals surface area (Å²) >= 11 is 0. The standard InChI is InChI=1S/C19H29NO4.C2H6/c1-15(2)14-17-4-6-18(7-5-17)19(22)20-9-11-24-13-12-23-10-8-16(3)21;1-2/h4-7,15H,8-14H2,1-3H3,(H,20,22);1-2H3. The molecule has 0 fully saturated rings. The molecule has 1 aromatic rings. The van der Waals surface area contributed by atoms with Crippen LogP contribution >= 0.6 is 0 Å². The summed E-state index contributed by atoms with van der Waals surface area (Å²) in [5, 5.41) is 2.83. The number of ether oxygens (including phenoxy) is 2. The van der Waals surface area contributed by atoms with Gasteiger partial charge < -0.3 is 14.8 Å². The Bertz CT molecular complexity index is 497. The molecule has 5 nitrogen and oxygen atoms in total. The second-order valence-electron chi connectivity index (χ2n) is 6.23. The van der Waals surface area contributed by atoms with E-state index in [2.05, 4.69) is 19.2 Å². The van der Waals surface area contributed by atoms with Crippen molar-refractivity contribution in [3.63, 3.8) is 0 Å². The SMILES string of the molecule is CC.CC(=O)CCOCCOCCNC(=O)c1ccc(CC(C)C)cc1. The first kappa shape index (κ1) is 24.3. The summed E-state index contributed by atoms with van der Waals surface area (Å²) in [4.78, 5) is 22.7. The highest BCUT2D eigenvalue weighted by Crippen LogP contribution is 2.09. The summed E-state index contributed by atoms with van der Waals surface area (Å²) in [7, 11) is 0. The highest BCUT2D eigenvalue weighted by Gasteiger charge is 2.05. The number of ketones is 1. The third-order valence-corrected chi connectivity index (χ3v) is 3.36. The molecule has 0 aliphatic heterocycles. The molecular formula is C21H35NO4. The predicted molar refractivity (Wildman–Crippen MR) is 106 cm³/mol. The molecule has 0 aliphatic carbocycles. The zero-order valence-corrected chi connectivity index (χ0v) is 17.0. The lowest BCUT2D eigenvalue weighted by atomic mass is 10.0. The molecule has 0 aliphatic rings. The quantitative estimate of drug-likeness (QED) is 0.574. The average molecular weight is 366 g/mol. The number of amides is 1. The smallest absolute Gasteiger partial charge is 0.251 e. The van der Waals surface area contributed by atoms with Crippen LogP contribution in [0.4, 0.5) is 0 Å². The Labute approximate surface area is 158 Å². The van der Waals surface area contributed by atoms with Crippen molar-refractivity contribution < 1.29 is 19.1 Å². The lowest BCUT2D eigenvalue weighted by Gasteiger charge is -2.08.